The predicted molar refractivity (Wildman–Crippen MR) is 64.0 cm³/mol. The van der Waals surface area contributed by atoms with E-state index in [1.807, 2.05) is 6.92 Å². The lowest BCUT2D eigenvalue weighted by molar-refractivity contribution is 0.457. The summed E-state index contributed by atoms with van der Waals surface area (Å²) in [7, 11) is -3.44. The first-order valence-corrected chi connectivity index (χ1v) is 7.19. The maximum Gasteiger partial charge on any atom is 0.260 e. The molecule has 0 aliphatic carbocycles. The average molecular weight is 258 g/mol. The van der Waals surface area contributed by atoms with Crippen molar-refractivity contribution in [3.8, 4) is 0 Å². The molecule has 0 saturated carbocycles. The quantitative estimate of drug-likeness (QED) is 0.823. The highest BCUT2D eigenvalue weighted by Crippen LogP contribution is 2.21. The summed E-state index contributed by atoms with van der Waals surface area (Å²) in [4.78, 5) is 0. The molecule has 0 aromatic carbocycles. The second-order valence-electron chi connectivity index (χ2n) is 4.35. The molecular weight excluding hydrogens is 240 g/mol. The molecule has 1 fully saturated rings. The third-order valence-electron chi connectivity index (χ3n) is 2.96. The van der Waals surface area contributed by atoms with Crippen LogP contribution in [0.25, 0.3) is 0 Å². The van der Waals surface area contributed by atoms with Crippen LogP contribution in [0.4, 0.5) is 0 Å². The highest BCUT2D eigenvalue weighted by Gasteiger charge is 2.33. The van der Waals surface area contributed by atoms with E-state index >= 15 is 0 Å². The van der Waals surface area contributed by atoms with Crippen molar-refractivity contribution in [3.63, 3.8) is 0 Å². The van der Waals surface area contributed by atoms with E-state index < -0.39 is 10.0 Å². The van der Waals surface area contributed by atoms with Gasteiger partial charge in [-0.3, -0.25) is 4.68 Å². The van der Waals surface area contributed by atoms with Crippen LogP contribution in [0.3, 0.4) is 0 Å². The molecule has 2 rings (SSSR count). The molecule has 2 heterocycles. The second-order valence-corrected chi connectivity index (χ2v) is 6.24. The van der Waals surface area contributed by atoms with Crippen LogP contribution < -0.4 is 5.73 Å². The first-order chi connectivity index (χ1) is 7.95. The number of nitrogens with zero attached hydrogens (tertiary/aromatic N) is 3. The molecular formula is C10H18N4O2S. The monoisotopic (exact) mass is 258 g/mol. The Morgan fingerprint density at radius 2 is 2.29 bits per heavy atom. The van der Waals surface area contributed by atoms with Gasteiger partial charge in [0.1, 0.15) is 0 Å². The number of sulfonamides is 1. The van der Waals surface area contributed by atoms with E-state index in [1.165, 1.54) is 8.99 Å². The molecule has 17 heavy (non-hydrogen) atoms. The molecule has 0 amide bonds. The van der Waals surface area contributed by atoms with Crippen molar-refractivity contribution in [1.29, 1.82) is 0 Å². The number of aromatic nitrogens is 2. The van der Waals surface area contributed by atoms with Gasteiger partial charge in [-0.05, 0) is 26.3 Å². The Morgan fingerprint density at radius 3 is 2.82 bits per heavy atom. The van der Waals surface area contributed by atoms with E-state index in [0.29, 0.717) is 25.3 Å². The Labute approximate surface area is 101 Å². The standard InChI is InChI=1S/C10H18N4O2S/c1-3-14-10(6-8(2)12-14)17(15,16)13-5-4-9(11)7-13/h6,9H,3-5,7,11H2,1-2H3/t9-/m0/s1. The molecule has 0 radical (unpaired) electrons. The van der Waals surface area contributed by atoms with Crippen molar-refractivity contribution in [2.75, 3.05) is 13.1 Å². The van der Waals surface area contributed by atoms with Crippen LogP contribution >= 0.6 is 0 Å². The zero-order chi connectivity index (χ0) is 12.6. The fraction of sp³-hybridized carbons (Fsp3) is 0.700. The molecule has 0 spiro atoms. The molecule has 1 saturated heterocycles. The molecule has 7 heteroatoms. The Hall–Kier alpha value is -0.920. The van der Waals surface area contributed by atoms with Crippen LogP contribution in [-0.2, 0) is 16.6 Å². The van der Waals surface area contributed by atoms with E-state index in [-0.39, 0.29) is 11.1 Å². The lowest BCUT2D eigenvalue weighted by Gasteiger charge is -2.16. The lowest BCUT2D eigenvalue weighted by Crippen LogP contribution is -2.33. The summed E-state index contributed by atoms with van der Waals surface area (Å²) in [6, 6.07) is 1.56. The van der Waals surface area contributed by atoms with Gasteiger partial charge in [-0.2, -0.15) is 9.40 Å². The lowest BCUT2D eigenvalue weighted by atomic mass is 10.3. The maximum atomic E-state index is 12.4. The van der Waals surface area contributed by atoms with E-state index in [4.69, 9.17) is 5.73 Å². The van der Waals surface area contributed by atoms with Crippen molar-refractivity contribution in [2.45, 2.75) is 37.9 Å². The number of aryl methyl sites for hydroxylation is 2. The minimum Gasteiger partial charge on any atom is -0.326 e. The second kappa shape index (κ2) is 4.40. The first kappa shape index (κ1) is 12.5. The van der Waals surface area contributed by atoms with Crippen LogP contribution in [0, 0.1) is 6.92 Å². The predicted octanol–water partition coefficient (Wildman–Crippen LogP) is -0.0669. The molecule has 2 N–H and O–H groups in total. The summed E-state index contributed by atoms with van der Waals surface area (Å²) in [6.07, 6.45) is 0.721. The summed E-state index contributed by atoms with van der Waals surface area (Å²) >= 11 is 0. The molecule has 1 aliphatic rings. The average Bonchev–Trinajstić information content (AvgIpc) is 2.84. The normalized spacial score (nSPS) is 22.2. The van der Waals surface area contributed by atoms with Gasteiger partial charge in [0.2, 0.25) is 0 Å². The van der Waals surface area contributed by atoms with Gasteiger partial charge in [-0.15, -0.1) is 0 Å². The van der Waals surface area contributed by atoms with Gasteiger partial charge in [0.15, 0.2) is 5.03 Å². The molecule has 1 aromatic rings. The van der Waals surface area contributed by atoms with Crippen molar-refractivity contribution >= 4 is 10.0 Å². The smallest absolute Gasteiger partial charge is 0.260 e. The third-order valence-corrected chi connectivity index (χ3v) is 4.83. The molecule has 96 valence electrons. The third kappa shape index (κ3) is 2.22. The van der Waals surface area contributed by atoms with Crippen molar-refractivity contribution < 1.29 is 8.42 Å². The topological polar surface area (TPSA) is 81.2 Å². The molecule has 0 unspecified atom stereocenters. The van der Waals surface area contributed by atoms with Gasteiger partial charge >= 0.3 is 0 Å². The minimum atomic E-state index is -3.44. The van der Waals surface area contributed by atoms with Crippen LogP contribution in [0.15, 0.2) is 11.1 Å². The number of rotatable bonds is 3. The number of nitrogens with two attached hydrogens (primary N) is 1. The van der Waals surface area contributed by atoms with Crippen LogP contribution in [0.2, 0.25) is 0 Å². The molecule has 0 bridgehead atoms. The SMILES string of the molecule is CCn1nc(C)cc1S(=O)(=O)N1CC[C@H](N)C1. The zero-order valence-electron chi connectivity index (χ0n) is 10.1. The summed E-state index contributed by atoms with van der Waals surface area (Å²) in [6.45, 7) is 5.11. The first-order valence-electron chi connectivity index (χ1n) is 5.75. The Bertz CT molecular complexity index is 508. The van der Waals surface area contributed by atoms with Crippen LogP contribution in [-0.4, -0.2) is 41.6 Å². The minimum absolute atomic E-state index is 0.0520. The summed E-state index contributed by atoms with van der Waals surface area (Å²) in [5, 5.41) is 4.44. The Morgan fingerprint density at radius 1 is 1.59 bits per heavy atom. The summed E-state index contributed by atoms with van der Waals surface area (Å²) in [5.41, 5.74) is 6.46. The fourth-order valence-corrected chi connectivity index (χ4v) is 3.81. The van der Waals surface area contributed by atoms with Gasteiger partial charge in [0.25, 0.3) is 10.0 Å². The highest BCUT2D eigenvalue weighted by atomic mass is 32.2. The Kier molecular flexibility index (Phi) is 3.24. The highest BCUT2D eigenvalue weighted by molar-refractivity contribution is 7.89. The van der Waals surface area contributed by atoms with Crippen molar-refractivity contribution in [1.82, 2.24) is 14.1 Å². The van der Waals surface area contributed by atoms with Gasteiger partial charge in [0, 0.05) is 25.7 Å². The number of hydrogen-bond donors (Lipinski definition) is 1. The van der Waals surface area contributed by atoms with Crippen LogP contribution in [0.1, 0.15) is 19.0 Å². The van der Waals surface area contributed by atoms with E-state index in [0.717, 1.165) is 6.42 Å². The van der Waals surface area contributed by atoms with Crippen molar-refractivity contribution in [3.05, 3.63) is 11.8 Å². The molecule has 1 aliphatic heterocycles. The van der Waals surface area contributed by atoms with Gasteiger partial charge in [-0.1, -0.05) is 0 Å². The fourth-order valence-electron chi connectivity index (χ4n) is 2.06. The zero-order valence-corrected chi connectivity index (χ0v) is 10.9. The van der Waals surface area contributed by atoms with E-state index in [9.17, 15) is 8.42 Å². The summed E-state index contributed by atoms with van der Waals surface area (Å²) < 4.78 is 27.7. The number of hydrogen-bond acceptors (Lipinski definition) is 4. The Balaban J connectivity index is 2.37. The molecule has 1 atom stereocenters. The van der Waals surface area contributed by atoms with Crippen LogP contribution in [0.5, 0.6) is 0 Å². The maximum absolute atomic E-state index is 12.4. The van der Waals surface area contributed by atoms with E-state index in [1.54, 1.807) is 13.0 Å². The molecule has 1 aromatic heterocycles. The van der Waals surface area contributed by atoms with Gasteiger partial charge in [-0.25, -0.2) is 8.42 Å². The van der Waals surface area contributed by atoms with E-state index in [2.05, 4.69) is 5.10 Å². The summed E-state index contributed by atoms with van der Waals surface area (Å²) in [5.74, 6) is 0. The largest absolute Gasteiger partial charge is 0.326 e. The van der Waals surface area contributed by atoms with Gasteiger partial charge in [0.05, 0.1) is 5.69 Å². The van der Waals surface area contributed by atoms with Crippen molar-refractivity contribution in [2.24, 2.45) is 5.73 Å². The van der Waals surface area contributed by atoms with Gasteiger partial charge < -0.3 is 5.73 Å². The molecule has 6 nitrogen and oxygen atoms in total.